The fourth-order valence-corrected chi connectivity index (χ4v) is 4.10. The Balaban J connectivity index is -0.000000296. The molecular weight excluding hydrogens is 860 g/mol. The Morgan fingerprint density at radius 3 is 1.68 bits per heavy atom. The number of alkyl halides is 6. The van der Waals surface area contributed by atoms with Crippen LogP contribution in [0.25, 0.3) is 0 Å². The number of aliphatic hydroxyl groups excluding tert-OH is 1. The number of hydrogen-bond donors (Lipinski definition) is 1. The molecule has 270 valence electrons. The number of nitrogens with zero attached hydrogens (tertiary/aromatic N) is 4. The molecule has 1 fully saturated rings. The molecule has 9 nitrogen and oxygen atoms in total. The van der Waals surface area contributed by atoms with Crippen LogP contribution in [-0.4, -0.2) is 68.1 Å². The predicted molar refractivity (Wildman–Crippen MR) is 167 cm³/mol. The number of benzene rings is 2. The van der Waals surface area contributed by atoms with Crippen molar-refractivity contribution in [1.29, 1.82) is 0 Å². The molecule has 3 heterocycles. The van der Waals surface area contributed by atoms with Gasteiger partial charge in [-0.3, -0.25) is 4.79 Å². The maximum absolute atomic E-state index is 12.7. The van der Waals surface area contributed by atoms with Gasteiger partial charge in [0.15, 0.2) is 6.10 Å². The summed E-state index contributed by atoms with van der Waals surface area (Å²) in [5.74, 6) is 0.679. The molecule has 1 aliphatic rings. The Hall–Kier alpha value is -1.21. The summed E-state index contributed by atoms with van der Waals surface area (Å²) < 4.78 is 89.4. The molecule has 0 radical (unpaired) electrons. The Labute approximate surface area is 342 Å². The third kappa shape index (κ3) is 22.7. The van der Waals surface area contributed by atoms with Crippen LogP contribution in [0.1, 0.15) is 77.5 Å². The van der Waals surface area contributed by atoms with Crippen LogP contribution in [-0.2, 0) is 17.1 Å². The topological polar surface area (TPSA) is 124 Å². The van der Waals surface area contributed by atoms with E-state index in [4.69, 9.17) is 9.15 Å². The molecule has 50 heavy (non-hydrogen) atoms. The Morgan fingerprint density at radius 2 is 1.34 bits per heavy atom. The van der Waals surface area contributed by atoms with Crippen molar-refractivity contribution in [3.8, 4) is 0 Å². The zero-order valence-electron chi connectivity index (χ0n) is 27.5. The van der Waals surface area contributed by atoms with Gasteiger partial charge < -0.3 is 49.9 Å². The van der Waals surface area contributed by atoms with Gasteiger partial charge in [-0.05, 0) is 54.8 Å². The monoisotopic (exact) mass is 888 g/mol. The first-order valence-electron chi connectivity index (χ1n) is 13.2. The Morgan fingerprint density at radius 1 is 0.840 bits per heavy atom. The summed E-state index contributed by atoms with van der Waals surface area (Å²) in [7, 11) is 0. The fraction of sp³-hybridized carbons (Fsp3) is 0.379. The number of carbonyl (C=O) groups excluding carboxylic acids is 1. The standard InChI is InChI=1S/C11H8BrF3N2O2.C8H4BrF3O.C4H8O.C3H4N2O.C3H7.2ClH.Li.Mg/c1-5-16-17-10(19-5)9(18)6-2-7(11(13,14)15)4-8(12)3-6;9-7-2-5(4-13)1-6(3-7)8(10,11)12;1-2-4-5-3-1;1-3-5-4-2-6-3;1-3-2;;;;/h2-4,9,18H,1H3;1-4H;1-4H2;2H,1H3;3H,1-2H3;2*1H;;/q;;;;-1;;;+1;+2/p-2. The molecule has 1 N–H and O–H groups in total. The van der Waals surface area contributed by atoms with Gasteiger partial charge in [-0.1, -0.05) is 31.9 Å². The van der Waals surface area contributed by atoms with Gasteiger partial charge in [0.2, 0.25) is 24.1 Å². The van der Waals surface area contributed by atoms with Crippen molar-refractivity contribution in [2.75, 3.05) is 13.2 Å². The molecule has 0 saturated carbocycles. The SMILES string of the molecule is C1CCOC1.C[CH-]C.Cc1nnc(C(O)c2cc(Br)cc(C(F)(F)F)c2)o1.Cc1nnco1.O=Cc1cc(Br)cc(C(F)(F)F)c1.[Cl-].[Cl-].[Li+].[Mg+2]. The van der Waals surface area contributed by atoms with E-state index < -0.39 is 29.6 Å². The maximum atomic E-state index is 12.7. The first kappa shape index (κ1) is 55.5. The summed E-state index contributed by atoms with van der Waals surface area (Å²) in [6.45, 7) is 9.26. The number of carbonyl (C=O) groups is 1. The van der Waals surface area contributed by atoms with Crippen LogP contribution in [0.4, 0.5) is 26.3 Å². The van der Waals surface area contributed by atoms with Crippen LogP contribution in [0.15, 0.2) is 60.6 Å². The number of halogens is 10. The zero-order chi connectivity index (χ0) is 34.9. The van der Waals surface area contributed by atoms with E-state index in [1.165, 1.54) is 38.3 Å². The summed E-state index contributed by atoms with van der Waals surface area (Å²) in [6, 6.07) is 6.18. The van der Waals surface area contributed by atoms with Crippen LogP contribution in [0.2, 0.25) is 0 Å². The molecule has 2 aromatic heterocycles. The summed E-state index contributed by atoms with van der Waals surface area (Å²) >= 11 is 5.86. The first-order chi connectivity index (χ1) is 21.5. The maximum Gasteiger partial charge on any atom is 2.00 e. The normalized spacial score (nSPS) is 11.9. The predicted octanol–water partition coefficient (Wildman–Crippen LogP) is -0.442. The van der Waals surface area contributed by atoms with Gasteiger partial charge in [-0.2, -0.15) is 40.2 Å². The minimum atomic E-state index is -4.50. The van der Waals surface area contributed by atoms with E-state index in [2.05, 4.69) is 56.7 Å². The third-order valence-electron chi connectivity index (χ3n) is 5.02. The molecule has 4 aromatic rings. The van der Waals surface area contributed by atoms with E-state index >= 15 is 0 Å². The van der Waals surface area contributed by atoms with E-state index in [0.29, 0.717) is 12.2 Å². The first-order valence-corrected chi connectivity index (χ1v) is 14.8. The second-order valence-electron chi connectivity index (χ2n) is 9.08. The number of hydrogen-bond acceptors (Lipinski definition) is 9. The van der Waals surface area contributed by atoms with Crippen LogP contribution in [0.5, 0.6) is 0 Å². The quantitative estimate of drug-likeness (QED) is 0.126. The van der Waals surface area contributed by atoms with Crippen LogP contribution in [0.3, 0.4) is 0 Å². The van der Waals surface area contributed by atoms with E-state index in [1.54, 1.807) is 6.92 Å². The van der Waals surface area contributed by atoms with Crippen molar-refractivity contribution in [1.82, 2.24) is 20.4 Å². The van der Waals surface area contributed by atoms with Crippen molar-refractivity contribution in [2.45, 2.75) is 59.0 Å². The summed E-state index contributed by atoms with van der Waals surface area (Å²) in [5, 5.41) is 23.9. The van der Waals surface area contributed by atoms with Gasteiger partial charge in [0.05, 0.1) is 11.1 Å². The summed E-state index contributed by atoms with van der Waals surface area (Å²) in [5.41, 5.74) is -1.68. The van der Waals surface area contributed by atoms with Gasteiger partial charge >= 0.3 is 54.3 Å². The van der Waals surface area contributed by atoms with E-state index in [0.717, 1.165) is 37.5 Å². The number of aryl methyl sites for hydroxylation is 2. The molecule has 5 rings (SSSR count). The van der Waals surface area contributed by atoms with Gasteiger partial charge in [-0.25, -0.2) is 0 Å². The number of ether oxygens (including phenoxy) is 1. The molecule has 0 bridgehead atoms. The van der Waals surface area contributed by atoms with E-state index in [1.807, 2.05) is 20.3 Å². The minimum absolute atomic E-state index is 0. The fourth-order valence-electron chi connectivity index (χ4n) is 3.08. The molecule has 0 aliphatic carbocycles. The van der Waals surface area contributed by atoms with Gasteiger partial charge in [-0.15, -0.1) is 20.4 Å². The number of aromatic nitrogens is 4. The van der Waals surface area contributed by atoms with Gasteiger partial charge in [0.1, 0.15) is 6.29 Å². The van der Waals surface area contributed by atoms with Crippen molar-refractivity contribution < 1.29 is 93.5 Å². The molecular formula is C29H31Br2Cl2F6LiMgN4O5. The van der Waals surface area contributed by atoms with Crippen LogP contribution in [0, 0.1) is 20.3 Å². The second kappa shape index (κ2) is 28.3. The third-order valence-corrected chi connectivity index (χ3v) is 5.93. The second-order valence-corrected chi connectivity index (χ2v) is 10.9. The van der Waals surface area contributed by atoms with Crippen molar-refractivity contribution in [3.63, 3.8) is 0 Å². The average molecular weight is 892 g/mol. The van der Waals surface area contributed by atoms with E-state index in [9.17, 15) is 36.2 Å². The molecule has 1 aliphatic heterocycles. The smallest absolute Gasteiger partial charge is 1.00 e. The molecule has 1 atom stereocenters. The number of rotatable bonds is 3. The minimum Gasteiger partial charge on any atom is -1.00 e. The van der Waals surface area contributed by atoms with Crippen molar-refractivity contribution in [2.24, 2.45) is 0 Å². The summed E-state index contributed by atoms with van der Waals surface area (Å²) in [4.78, 5) is 10.2. The van der Waals surface area contributed by atoms with Crippen molar-refractivity contribution in [3.05, 3.63) is 98.1 Å². The van der Waals surface area contributed by atoms with Crippen molar-refractivity contribution >= 4 is 61.2 Å². The zero-order valence-corrected chi connectivity index (χ0v) is 33.6. The Bertz CT molecular complexity index is 1470. The average Bonchev–Trinajstić information content (AvgIpc) is 3.78. The molecule has 0 amide bonds. The molecule has 2 aromatic carbocycles. The molecule has 1 unspecified atom stereocenters. The molecule has 21 heteroatoms. The molecule has 0 spiro atoms. The number of aldehydes is 1. The largest absolute Gasteiger partial charge is 2.00 e. The summed E-state index contributed by atoms with van der Waals surface area (Å²) in [6.07, 6.45) is -4.08. The van der Waals surface area contributed by atoms with Crippen LogP contribution < -0.4 is 43.7 Å². The van der Waals surface area contributed by atoms with Gasteiger partial charge in [0, 0.05) is 41.6 Å². The Kier molecular flexibility index (Phi) is 31.5. The van der Waals surface area contributed by atoms with Gasteiger partial charge in [0.25, 0.3) is 0 Å². The van der Waals surface area contributed by atoms with E-state index in [-0.39, 0.29) is 98.6 Å². The number of aliphatic hydroxyl groups is 1. The molecule has 1 saturated heterocycles. The van der Waals surface area contributed by atoms with Crippen LogP contribution >= 0.6 is 31.9 Å².